The second kappa shape index (κ2) is 6.41. The van der Waals surface area contributed by atoms with E-state index >= 15 is 0 Å². The van der Waals surface area contributed by atoms with E-state index in [0.717, 1.165) is 36.7 Å². The maximum Gasteiger partial charge on any atom is 0.308 e. The van der Waals surface area contributed by atoms with Gasteiger partial charge in [0.05, 0.1) is 5.92 Å². The Bertz CT molecular complexity index is 488. The Balaban J connectivity index is 2.31. The fraction of sp³-hybridized carbons (Fsp3) is 0.688. The normalized spacial score (nSPS) is 19.3. The lowest BCUT2D eigenvalue weighted by Crippen LogP contribution is -2.39. The maximum atomic E-state index is 11.2. The molecule has 1 aliphatic heterocycles. The molecule has 116 valence electrons. The SMILES string of the molecule is CC(C)c1cc(N2CCCC(C(=O)O)C2)nc(C(C)C)n1. The molecule has 1 atom stereocenters. The Hall–Kier alpha value is -1.65. The van der Waals surface area contributed by atoms with Crippen LogP contribution in [0.2, 0.25) is 0 Å². The summed E-state index contributed by atoms with van der Waals surface area (Å²) in [6, 6.07) is 2.01. The topological polar surface area (TPSA) is 66.3 Å². The van der Waals surface area contributed by atoms with Crippen LogP contribution in [0.4, 0.5) is 5.82 Å². The Morgan fingerprint density at radius 1 is 1.29 bits per heavy atom. The highest BCUT2D eigenvalue weighted by atomic mass is 16.4. The Kier molecular flexibility index (Phi) is 4.80. The van der Waals surface area contributed by atoms with E-state index < -0.39 is 5.97 Å². The van der Waals surface area contributed by atoms with E-state index in [1.54, 1.807) is 0 Å². The predicted octanol–water partition coefficient (Wildman–Crippen LogP) is 3.02. The zero-order chi connectivity index (χ0) is 15.6. The molecule has 0 spiro atoms. The van der Waals surface area contributed by atoms with E-state index in [1.165, 1.54) is 0 Å². The first-order chi connectivity index (χ1) is 9.88. The highest BCUT2D eigenvalue weighted by Crippen LogP contribution is 2.26. The first-order valence-electron chi connectivity index (χ1n) is 7.75. The quantitative estimate of drug-likeness (QED) is 0.923. The molecule has 0 amide bonds. The molecule has 1 aliphatic rings. The summed E-state index contributed by atoms with van der Waals surface area (Å²) in [5.74, 6) is 1.32. The lowest BCUT2D eigenvalue weighted by molar-refractivity contribution is -0.141. The standard InChI is InChI=1S/C16H25N3O2/c1-10(2)13-8-14(18-15(17-13)11(3)4)19-7-5-6-12(9-19)16(20)21/h8,10-12H,5-7,9H2,1-4H3,(H,20,21). The van der Waals surface area contributed by atoms with Gasteiger partial charge in [-0.05, 0) is 18.8 Å². The van der Waals surface area contributed by atoms with Crippen molar-refractivity contribution in [1.82, 2.24) is 9.97 Å². The summed E-state index contributed by atoms with van der Waals surface area (Å²) in [5, 5.41) is 9.23. The van der Waals surface area contributed by atoms with E-state index in [4.69, 9.17) is 0 Å². The number of piperidine rings is 1. The average Bonchev–Trinajstić information content (AvgIpc) is 2.46. The number of hydrogen-bond acceptors (Lipinski definition) is 4. The van der Waals surface area contributed by atoms with Crippen molar-refractivity contribution in [3.05, 3.63) is 17.6 Å². The second-order valence-corrected chi connectivity index (χ2v) is 6.44. The van der Waals surface area contributed by atoms with Gasteiger partial charge in [-0.1, -0.05) is 27.7 Å². The van der Waals surface area contributed by atoms with Crippen LogP contribution in [0.25, 0.3) is 0 Å². The van der Waals surface area contributed by atoms with Gasteiger partial charge in [0, 0.05) is 30.8 Å². The average molecular weight is 291 g/mol. The van der Waals surface area contributed by atoms with Crippen LogP contribution in [-0.4, -0.2) is 34.1 Å². The molecule has 2 rings (SSSR count). The van der Waals surface area contributed by atoms with Gasteiger partial charge < -0.3 is 10.0 Å². The summed E-state index contributed by atoms with van der Waals surface area (Å²) in [7, 11) is 0. The molecule has 1 aromatic rings. The van der Waals surface area contributed by atoms with Gasteiger partial charge in [0.1, 0.15) is 11.6 Å². The Labute approximate surface area is 126 Å². The van der Waals surface area contributed by atoms with Gasteiger partial charge in [0.2, 0.25) is 0 Å². The van der Waals surface area contributed by atoms with Crippen molar-refractivity contribution in [2.75, 3.05) is 18.0 Å². The third-order valence-electron chi connectivity index (χ3n) is 3.95. The molecule has 0 radical (unpaired) electrons. The van der Waals surface area contributed by atoms with Crippen molar-refractivity contribution < 1.29 is 9.90 Å². The van der Waals surface area contributed by atoms with E-state index in [9.17, 15) is 9.90 Å². The third-order valence-corrected chi connectivity index (χ3v) is 3.95. The minimum Gasteiger partial charge on any atom is -0.481 e. The van der Waals surface area contributed by atoms with Crippen LogP contribution >= 0.6 is 0 Å². The molecule has 5 nitrogen and oxygen atoms in total. The fourth-order valence-electron chi connectivity index (χ4n) is 2.57. The lowest BCUT2D eigenvalue weighted by atomic mass is 9.98. The molecular weight excluding hydrogens is 266 g/mol. The lowest BCUT2D eigenvalue weighted by Gasteiger charge is -2.32. The largest absolute Gasteiger partial charge is 0.481 e. The van der Waals surface area contributed by atoms with E-state index in [2.05, 4.69) is 42.6 Å². The van der Waals surface area contributed by atoms with Crippen molar-refractivity contribution in [1.29, 1.82) is 0 Å². The number of carbonyl (C=O) groups is 1. The zero-order valence-corrected chi connectivity index (χ0v) is 13.3. The van der Waals surface area contributed by atoms with E-state index in [0.29, 0.717) is 12.5 Å². The molecule has 1 saturated heterocycles. The van der Waals surface area contributed by atoms with Crippen LogP contribution in [0, 0.1) is 5.92 Å². The molecule has 21 heavy (non-hydrogen) atoms. The van der Waals surface area contributed by atoms with Crippen molar-refractivity contribution in [3.63, 3.8) is 0 Å². The summed E-state index contributed by atoms with van der Waals surface area (Å²) in [6.07, 6.45) is 1.65. The smallest absolute Gasteiger partial charge is 0.308 e. The van der Waals surface area contributed by atoms with Gasteiger partial charge in [-0.25, -0.2) is 9.97 Å². The molecule has 1 fully saturated rings. The summed E-state index contributed by atoms with van der Waals surface area (Å²) >= 11 is 0. The van der Waals surface area contributed by atoms with Crippen LogP contribution < -0.4 is 4.90 Å². The minimum atomic E-state index is -0.707. The Morgan fingerprint density at radius 2 is 2.00 bits per heavy atom. The van der Waals surface area contributed by atoms with Crippen molar-refractivity contribution in [2.24, 2.45) is 5.92 Å². The van der Waals surface area contributed by atoms with Crippen LogP contribution in [0.1, 0.15) is 63.9 Å². The van der Waals surface area contributed by atoms with Crippen molar-refractivity contribution in [3.8, 4) is 0 Å². The number of nitrogens with zero attached hydrogens (tertiary/aromatic N) is 3. The minimum absolute atomic E-state index is 0.266. The molecular formula is C16H25N3O2. The molecule has 0 bridgehead atoms. The molecule has 0 aromatic carbocycles. The highest BCUT2D eigenvalue weighted by Gasteiger charge is 2.27. The summed E-state index contributed by atoms with van der Waals surface area (Å²) in [6.45, 7) is 9.81. The van der Waals surface area contributed by atoms with E-state index in [1.807, 2.05) is 6.07 Å². The van der Waals surface area contributed by atoms with Crippen LogP contribution in [0.3, 0.4) is 0 Å². The first kappa shape index (κ1) is 15.7. The molecule has 1 N–H and O–H groups in total. The molecule has 0 aliphatic carbocycles. The highest BCUT2D eigenvalue weighted by molar-refractivity contribution is 5.71. The van der Waals surface area contributed by atoms with Crippen LogP contribution in [0.15, 0.2) is 6.07 Å². The molecule has 2 heterocycles. The molecule has 1 unspecified atom stereocenters. The van der Waals surface area contributed by atoms with Gasteiger partial charge >= 0.3 is 5.97 Å². The summed E-state index contributed by atoms with van der Waals surface area (Å²) in [5.41, 5.74) is 1.03. The molecule has 5 heteroatoms. The third kappa shape index (κ3) is 3.71. The van der Waals surface area contributed by atoms with Crippen LogP contribution in [-0.2, 0) is 4.79 Å². The van der Waals surface area contributed by atoms with Gasteiger partial charge in [0.25, 0.3) is 0 Å². The van der Waals surface area contributed by atoms with Gasteiger partial charge in [-0.2, -0.15) is 0 Å². The van der Waals surface area contributed by atoms with Gasteiger partial charge in [0.15, 0.2) is 0 Å². The van der Waals surface area contributed by atoms with E-state index in [-0.39, 0.29) is 11.8 Å². The number of carboxylic acid groups (broad SMARTS) is 1. The summed E-state index contributed by atoms with van der Waals surface area (Å²) < 4.78 is 0. The van der Waals surface area contributed by atoms with Crippen LogP contribution in [0.5, 0.6) is 0 Å². The summed E-state index contributed by atoms with van der Waals surface area (Å²) in [4.78, 5) is 22.6. The number of hydrogen-bond donors (Lipinski definition) is 1. The van der Waals surface area contributed by atoms with Gasteiger partial charge in [-0.3, -0.25) is 4.79 Å². The maximum absolute atomic E-state index is 11.2. The number of anilines is 1. The monoisotopic (exact) mass is 291 g/mol. The first-order valence-corrected chi connectivity index (χ1v) is 7.75. The number of rotatable bonds is 4. The number of aliphatic carboxylic acids is 1. The Morgan fingerprint density at radius 3 is 2.57 bits per heavy atom. The van der Waals surface area contributed by atoms with Gasteiger partial charge in [-0.15, -0.1) is 0 Å². The number of carboxylic acids is 1. The second-order valence-electron chi connectivity index (χ2n) is 6.44. The molecule has 0 saturated carbocycles. The zero-order valence-electron chi connectivity index (χ0n) is 13.3. The predicted molar refractivity (Wildman–Crippen MR) is 82.8 cm³/mol. The number of aromatic nitrogens is 2. The van der Waals surface area contributed by atoms with Crippen molar-refractivity contribution >= 4 is 11.8 Å². The fourth-order valence-corrected chi connectivity index (χ4v) is 2.57. The molecule has 1 aromatic heterocycles. The van der Waals surface area contributed by atoms with Crippen molar-refractivity contribution in [2.45, 2.75) is 52.4 Å².